The molecule has 7 heteroatoms. The minimum absolute atomic E-state index is 0.0000324. The van der Waals surface area contributed by atoms with Gasteiger partial charge in [0, 0.05) is 18.2 Å². The van der Waals surface area contributed by atoms with Crippen LogP contribution in [0.15, 0.2) is 24.5 Å². The van der Waals surface area contributed by atoms with Crippen LogP contribution in [0, 0.1) is 12.7 Å². The summed E-state index contributed by atoms with van der Waals surface area (Å²) in [7, 11) is 0. The number of hydrogen-bond acceptors (Lipinski definition) is 5. The fraction of sp³-hybridized carbons (Fsp3) is 0.353. The van der Waals surface area contributed by atoms with E-state index in [-0.39, 0.29) is 18.2 Å². The molecule has 0 spiro atoms. The number of amides is 1. The Kier molecular flexibility index (Phi) is 4.71. The molecule has 0 bridgehead atoms. The quantitative estimate of drug-likeness (QED) is 0.753. The lowest BCUT2D eigenvalue weighted by atomic mass is 10.0. The van der Waals surface area contributed by atoms with Gasteiger partial charge in [0.2, 0.25) is 0 Å². The third-order valence-corrected chi connectivity index (χ3v) is 3.82. The minimum atomic E-state index is -0.538. The maximum absolute atomic E-state index is 14.1. The first-order valence-electron chi connectivity index (χ1n) is 7.86. The van der Waals surface area contributed by atoms with Crippen LogP contribution in [0.2, 0.25) is 0 Å². The monoisotopic (exact) mass is 330 g/mol. The van der Waals surface area contributed by atoms with Crippen LogP contribution in [0.25, 0.3) is 11.3 Å². The molecule has 3 N–H and O–H groups in total. The van der Waals surface area contributed by atoms with Gasteiger partial charge in [-0.2, -0.15) is 0 Å². The number of aryl methyl sites for hydroxylation is 1. The molecule has 24 heavy (non-hydrogen) atoms. The smallest absolute Gasteiger partial charge is 0.254 e. The topological polar surface area (TPSA) is 87.1 Å². The number of aliphatic hydroxyl groups excluding tert-OH is 1. The Hall–Kier alpha value is -2.54. The van der Waals surface area contributed by atoms with Crippen LogP contribution >= 0.6 is 0 Å². The number of nitrogens with zero attached hydrogens (tertiary/aromatic N) is 2. The number of carbonyl (C=O) groups excluding carboxylic acids is 1. The number of carbonyl (C=O) groups is 1. The zero-order valence-corrected chi connectivity index (χ0v) is 13.3. The summed E-state index contributed by atoms with van der Waals surface area (Å²) in [6.07, 6.45) is 4.99. The summed E-state index contributed by atoms with van der Waals surface area (Å²) in [5, 5.41) is 14.5. The standard InChI is InChI=1S/C17H19FN4O2/c1-10-6-14(18)13(17(24)22-11-2-3-11)7-12(10)15-8-21-16(9-20-15)19-4-5-23/h6-9,11,23H,2-5H2,1H3,(H,19,21)(H,22,24). The summed E-state index contributed by atoms with van der Waals surface area (Å²) in [6, 6.07) is 3.03. The van der Waals surface area contributed by atoms with Crippen LogP contribution in [0.3, 0.4) is 0 Å². The maximum atomic E-state index is 14.1. The lowest BCUT2D eigenvalue weighted by molar-refractivity contribution is 0.0947. The van der Waals surface area contributed by atoms with Gasteiger partial charge in [-0.1, -0.05) is 0 Å². The number of aromatic nitrogens is 2. The number of nitrogens with one attached hydrogen (secondary N) is 2. The van der Waals surface area contributed by atoms with Gasteiger partial charge in [-0.3, -0.25) is 9.78 Å². The van der Waals surface area contributed by atoms with E-state index in [1.165, 1.54) is 18.3 Å². The highest BCUT2D eigenvalue weighted by Crippen LogP contribution is 2.26. The molecule has 1 aromatic heterocycles. The molecular weight excluding hydrogens is 311 g/mol. The summed E-state index contributed by atoms with van der Waals surface area (Å²) in [6.45, 7) is 2.15. The summed E-state index contributed by atoms with van der Waals surface area (Å²) in [5.74, 6) is -0.395. The van der Waals surface area contributed by atoms with Crippen molar-refractivity contribution in [1.82, 2.24) is 15.3 Å². The Balaban J connectivity index is 1.87. The van der Waals surface area contributed by atoms with E-state index in [9.17, 15) is 9.18 Å². The van der Waals surface area contributed by atoms with Crippen molar-refractivity contribution in [1.29, 1.82) is 0 Å². The average Bonchev–Trinajstić information content (AvgIpc) is 3.37. The van der Waals surface area contributed by atoms with Gasteiger partial charge in [0.1, 0.15) is 11.6 Å². The van der Waals surface area contributed by atoms with Gasteiger partial charge in [0.25, 0.3) is 5.91 Å². The molecule has 0 atom stereocenters. The highest BCUT2D eigenvalue weighted by atomic mass is 19.1. The largest absolute Gasteiger partial charge is 0.395 e. The first kappa shape index (κ1) is 16.3. The van der Waals surface area contributed by atoms with Crippen LogP contribution in [0.1, 0.15) is 28.8 Å². The number of anilines is 1. The van der Waals surface area contributed by atoms with Crippen LogP contribution in [-0.4, -0.2) is 40.2 Å². The molecule has 0 unspecified atom stereocenters. The van der Waals surface area contributed by atoms with Crippen molar-refractivity contribution < 1.29 is 14.3 Å². The van der Waals surface area contributed by atoms with E-state index < -0.39 is 11.7 Å². The third kappa shape index (κ3) is 3.68. The molecule has 0 aliphatic heterocycles. The second-order valence-electron chi connectivity index (χ2n) is 5.83. The van der Waals surface area contributed by atoms with E-state index in [2.05, 4.69) is 20.6 Å². The number of halogens is 1. The van der Waals surface area contributed by atoms with Crippen LogP contribution in [0.5, 0.6) is 0 Å². The van der Waals surface area contributed by atoms with Crippen molar-refractivity contribution >= 4 is 11.7 Å². The molecule has 1 aliphatic rings. The van der Waals surface area contributed by atoms with Crippen molar-refractivity contribution in [3.05, 3.63) is 41.5 Å². The van der Waals surface area contributed by atoms with Gasteiger partial charge in [-0.25, -0.2) is 9.37 Å². The Morgan fingerprint density at radius 1 is 1.33 bits per heavy atom. The first-order chi connectivity index (χ1) is 11.6. The van der Waals surface area contributed by atoms with Gasteiger partial charge in [0.15, 0.2) is 0 Å². The molecule has 3 rings (SSSR count). The lowest BCUT2D eigenvalue weighted by Gasteiger charge is -2.11. The van der Waals surface area contributed by atoms with Crippen molar-refractivity contribution in [3.63, 3.8) is 0 Å². The molecule has 6 nitrogen and oxygen atoms in total. The van der Waals surface area contributed by atoms with Crippen LogP contribution < -0.4 is 10.6 Å². The fourth-order valence-corrected chi connectivity index (χ4v) is 2.36. The lowest BCUT2D eigenvalue weighted by Crippen LogP contribution is -2.26. The molecule has 0 saturated heterocycles. The van der Waals surface area contributed by atoms with Crippen LogP contribution in [-0.2, 0) is 0 Å². The van der Waals surface area contributed by atoms with Crippen molar-refractivity contribution in [2.45, 2.75) is 25.8 Å². The van der Waals surface area contributed by atoms with Crippen molar-refractivity contribution in [3.8, 4) is 11.3 Å². The van der Waals surface area contributed by atoms with Gasteiger partial charge >= 0.3 is 0 Å². The summed E-state index contributed by atoms with van der Waals surface area (Å²) in [4.78, 5) is 20.7. The van der Waals surface area contributed by atoms with Crippen molar-refractivity contribution in [2.24, 2.45) is 0 Å². The Bertz CT molecular complexity index is 745. The molecule has 1 fully saturated rings. The third-order valence-electron chi connectivity index (χ3n) is 3.82. The SMILES string of the molecule is Cc1cc(F)c(C(=O)NC2CC2)cc1-c1cnc(NCCO)cn1. The summed E-state index contributed by atoms with van der Waals surface area (Å²) >= 11 is 0. The summed E-state index contributed by atoms with van der Waals surface area (Å²) < 4.78 is 14.1. The zero-order valence-electron chi connectivity index (χ0n) is 13.3. The Morgan fingerprint density at radius 2 is 2.12 bits per heavy atom. The minimum Gasteiger partial charge on any atom is -0.395 e. The van der Waals surface area contributed by atoms with Gasteiger partial charge < -0.3 is 15.7 Å². The molecule has 1 aliphatic carbocycles. The predicted molar refractivity (Wildman–Crippen MR) is 88.2 cm³/mol. The number of hydrogen-bond donors (Lipinski definition) is 3. The fourth-order valence-electron chi connectivity index (χ4n) is 2.36. The first-order valence-corrected chi connectivity index (χ1v) is 7.86. The van der Waals surface area contributed by atoms with Gasteiger partial charge in [-0.15, -0.1) is 0 Å². The molecule has 0 radical (unpaired) electrons. The molecule has 126 valence electrons. The van der Waals surface area contributed by atoms with Crippen molar-refractivity contribution in [2.75, 3.05) is 18.5 Å². The van der Waals surface area contributed by atoms with E-state index in [1.807, 2.05) is 0 Å². The average molecular weight is 330 g/mol. The van der Waals surface area contributed by atoms with Gasteiger partial charge in [-0.05, 0) is 37.5 Å². The highest BCUT2D eigenvalue weighted by Gasteiger charge is 2.25. The second kappa shape index (κ2) is 6.92. The Morgan fingerprint density at radius 3 is 2.75 bits per heavy atom. The highest BCUT2D eigenvalue weighted by molar-refractivity contribution is 5.96. The molecule has 1 amide bonds. The molecule has 1 heterocycles. The predicted octanol–water partition coefficient (Wildman–Crippen LogP) is 1.89. The number of rotatable bonds is 6. The normalized spacial score (nSPS) is 13.6. The van der Waals surface area contributed by atoms with Gasteiger partial charge in [0.05, 0.1) is 30.3 Å². The van der Waals surface area contributed by atoms with Crippen LogP contribution in [0.4, 0.5) is 10.2 Å². The van der Waals surface area contributed by atoms with E-state index in [0.717, 1.165) is 12.8 Å². The molecular formula is C17H19FN4O2. The maximum Gasteiger partial charge on any atom is 0.254 e. The van der Waals surface area contributed by atoms with E-state index >= 15 is 0 Å². The number of aliphatic hydroxyl groups is 1. The molecule has 1 saturated carbocycles. The summed E-state index contributed by atoms with van der Waals surface area (Å²) in [5.41, 5.74) is 1.92. The molecule has 2 aromatic rings. The second-order valence-corrected chi connectivity index (χ2v) is 5.83. The van der Waals surface area contributed by atoms with E-state index in [4.69, 9.17) is 5.11 Å². The number of benzene rings is 1. The zero-order chi connectivity index (χ0) is 17.1. The molecule has 1 aromatic carbocycles. The van der Waals surface area contributed by atoms with E-state index in [0.29, 0.717) is 29.2 Å². The Labute approximate surface area is 139 Å². The van der Waals surface area contributed by atoms with E-state index in [1.54, 1.807) is 13.1 Å².